The van der Waals surface area contributed by atoms with E-state index in [0.29, 0.717) is 38.7 Å². The topological polar surface area (TPSA) is 86.8 Å². The number of sulfonamides is 1. The van der Waals surface area contributed by atoms with Gasteiger partial charge in [-0.2, -0.15) is 0 Å². The Morgan fingerprint density at radius 2 is 1.80 bits per heavy atom. The number of benzene rings is 2. The zero-order chi connectivity index (χ0) is 26.2. The maximum atomic E-state index is 13.6. The summed E-state index contributed by atoms with van der Waals surface area (Å²) in [7, 11) is -3.79. The largest absolute Gasteiger partial charge is 0.354 e. The SMILES string of the molecule is CCCCNC(=O)C(CC)N(Cc1ccc(Cl)c(Cl)c1)C(=O)CN(c1cccc(Br)c1)S(C)(=O)=O. The van der Waals surface area contributed by atoms with Crippen LogP contribution in [-0.2, 0) is 26.2 Å². The lowest BCUT2D eigenvalue weighted by Gasteiger charge is -2.33. The molecule has 0 fully saturated rings. The summed E-state index contributed by atoms with van der Waals surface area (Å²) < 4.78 is 26.9. The molecule has 0 aliphatic carbocycles. The van der Waals surface area contributed by atoms with Crippen LogP contribution in [0.2, 0.25) is 10.0 Å². The first kappa shape index (κ1) is 29.4. The van der Waals surface area contributed by atoms with E-state index in [4.69, 9.17) is 23.2 Å². The Balaban J connectivity index is 2.42. The molecule has 2 amide bonds. The van der Waals surface area contributed by atoms with Crippen molar-refractivity contribution in [2.45, 2.75) is 45.7 Å². The van der Waals surface area contributed by atoms with Crippen molar-refractivity contribution in [1.29, 1.82) is 0 Å². The van der Waals surface area contributed by atoms with Gasteiger partial charge in [-0.15, -0.1) is 0 Å². The molecule has 35 heavy (non-hydrogen) atoms. The predicted molar refractivity (Wildman–Crippen MR) is 145 cm³/mol. The third kappa shape index (κ3) is 8.66. The van der Waals surface area contributed by atoms with Crippen molar-refractivity contribution in [2.75, 3.05) is 23.7 Å². The summed E-state index contributed by atoms with van der Waals surface area (Å²) in [5.74, 6) is -0.804. The molecule has 2 rings (SSSR count). The standard InChI is InChI=1S/C24H30BrCl2N3O4S/c1-4-6-12-28-24(32)22(5-2)29(15-17-10-11-20(26)21(27)13-17)23(31)16-30(35(3,33)34)19-9-7-8-18(25)14-19/h7-11,13-14,22H,4-6,12,15-16H2,1-3H3,(H,28,32). The smallest absolute Gasteiger partial charge is 0.244 e. The van der Waals surface area contributed by atoms with Crippen LogP contribution in [0.15, 0.2) is 46.9 Å². The number of nitrogens with zero attached hydrogens (tertiary/aromatic N) is 2. The summed E-state index contributed by atoms with van der Waals surface area (Å²) in [5, 5.41) is 3.57. The number of hydrogen-bond acceptors (Lipinski definition) is 4. The summed E-state index contributed by atoms with van der Waals surface area (Å²) in [5.41, 5.74) is 1.01. The Hall–Kier alpha value is -1.81. The molecular weight excluding hydrogens is 577 g/mol. The quantitative estimate of drug-likeness (QED) is 0.335. The average Bonchev–Trinajstić information content (AvgIpc) is 2.79. The first-order chi connectivity index (χ1) is 16.5. The number of unbranched alkanes of at least 4 members (excludes halogenated alkanes) is 1. The number of rotatable bonds is 12. The Labute approximate surface area is 225 Å². The van der Waals surface area contributed by atoms with Crippen LogP contribution >= 0.6 is 39.1 Å². The maximum absolute atomic E-state index is 13.6. The van der Waals surface area contributed by atoms with Gasteiger partial charge in [0, 0.05) is 17.6 Å². The highest BCUT2D eigenvalue weighted by Gasteiger charge is 2.31. The molecule has 7 nitrogen and oxygen atoms in total. The molecule has 0 aliphatic heterocycles. The van der Waals surface area contributed by atoms with Crippen molar-refractivity contribution in [3.05, 3.63) is 62.5 Å². The van der Waals surface area contributed by atoms with Crippen LogP contribution in [0.25, 0.3) is 0 Å². The summed E-state index contributed by atoms with van der Waals surface area (Å²) in [6.07, 6.45) is 3.12. The second-order valence-electron chi connectivity index (χ2n) is 8.09. The Morgan fingerprint density at radius 3 is 2.37 bits per heavy atom. The molecular formula is C24H30BrCl2N3O4S. The lowest BCUT2D eigenvalue weighted by atomic mass is 10.1. The van der Waals surface area contributed by atoms with Crippen LogP contribution in [0, 0.1) is 0 Å². The molecule has 0 saturated heterocycles. The molecule has 2 aromatic rings. The molecule has 0 aromatic heterocycles. The molecule has 2 aromatic carbocycles. The molecule has 0 bridgehead atoms. The summed E-state index contributed by atoms with van der Waals surface area (Å²) in [6.45, 7) is 3.92. The molecule has 1 atom stereocenters. The Morgan fingerprint density at radius 1 is 1.09 bits per heavy atom. The molecule has 1 unspecified atom stereocenters. The normalized spacial score (nSPS) is 12.2. The van der Waals surface area contributed by atoms with Crippen LogP contribution in [0.3, 0.4) is 0 Å². The fraction of sp³-hybridized carbons (Fsp3) is 0.417. The van der Waals surface area contributed by atoms with Gasteiger partial charge in [-0.1, -0.05) is 71.5 Å². The highest BCUT2D eigenvalue weighted by atomic mass is 79.9. The highest BCUT2D eigenvalue weighted by Crippen LogP contribution is 2.25. The summed E-state index contributed by atoms with van der Waals surface area (Å²) in [6, 6.07) is 10.9. The lowest BCUT2D eigenvalue weighted by molar-refractivity contribution is -0.140. The van der Waals surface area contributed by atoms with E-state index in [2.05, 4.69) is 21.2 Å². The number of carbonyl (C=O) groups excluding carboxylic acids is 2. The van der Waals surface area contributed by atoms with Gasteiger partial charge in [0.1, 0.15) is 12.6 Å². The third-order valence-corrected chi connectivity index (χ3v) is 7.70. The first-order valence-electron chi connectivity index (χ1n) is 11.2. The fourth-order valence-corrected chi connectivity index (χ4v) is 5.05. The Kier molecular flexibility index (Phi) is 11.3. The van der Waals surface area contributed by atoms with E-state index in [-0.39, 0.29) is 12.5 Å². The van der Waals surface area contributed by atoms with E-state index in [9.17, 15) is 18.0 Å². The van der Waals surface area contributed by atoms with E-state index in [1.807, 2.05) is 13.8 Å². The third-order valence-electron chi connectivity index (χ3n) is 5.33. The summed E-state index contributed by atoms with van der Waals surface area (Å²) in [4.78, 5) is 28.0. The molecule has 0 heterocycles. The number of anilines is 1. The number of halogens is 3. The van der Waals surface area contributed by atoms with Crippen molar-refractivity contribution in [3.63, 3.8) is 0 Å². The molecule has 1 N–H and O–H groups in total. The van der Waals surface area contributed by atoms with Gasteiger partial charge in [-0.25, -0.2) is 8.42 Å². The maximum Gasteiger partial charge on any atom is 0.244 e. The number of carbonyl (C=O) groups is 2. The van der Waals surface area contributed by atoms with Crippen molar-refractivity contribution in [2.24, 2.45) is 0 Å². The van der Waals surface area contributed by atoms with Gasteiger partial charge in [0.2, 0.25) is 21.8 Å². The highest BCUT2D eigenvalue weighted by molar-refractivity contribution is 9.10. The van der Waals surface area contributed by atoms with Crippen LogP contribution in [0.5, 0.6) is 0 Å². The molecule has 0 spiro atoms. The van der Waals surface area contributed by atoms with Crippen LogP contribution in [-0.4, -0.2) is 50.5 Å². The van der Waals surface area contributed by atoms with Gasteiger partial charge in [-0.3, -0.25) is 13.9 Å². The number of hydrogen-bond donors (Lipinski definition) is 1. The van der Waals surface area contributed by atoms with E-state index >= 15 is 0 Å². The molecule has 192 valence electrons. The molecule has 0 aliphatic rings. The molecule has 0 radical (unpaired) electrons. The fourth-order valence-electron chi connectivity index (χ4n) is 3.51. The second kappa shape index (κ2) is 13.5. The van der Waals surface area contributed by atoms with Gasteiger partial charge in [0.25, 0.3) is 0 Å². The Bertz CT molecular complexity index is 1150. The second-order valence-corrected chi connectivity index (χ2v) is 11.7. The van der Waals surface area contributed by atoms with Crippen molar-refractivity contribution in [3.8, 4) is 0 Å². The van der Waals surface area contributed by atoms with Gasteiger partial charge >= 0.3 is 0 Å². The predicted octanol–water partition coefficient (Wildman–Crippen LogP) is 5.25. The summed E-state index contributed by atoms with van der Waals surface area (Å²) >= 11 is 15.5. The van der Waals surface area contributed by atoms with Gasteiger partial charge in [0.15, 0.2) is 0 Å². The van der Waals surface area contributed by atoms with E-state index in [1.54, 1.807) is 42.5 Å². The van der Waals surface area contributed by atoms with Crippen molar-refractivity contribution < 1.29 is 18.0 Å². The minimum atomic E-state index is -3.79. The van der Waals surface area contributed by atoms with Crippen LogP contribution in [0.1, 0.15) is 38.7 Å². The van der Waals surface area contributed by atoms with Gasteiger partial charge in [0.05, 0.1) is 22.0 Å². The molecule has 11 heteroatoms. The number of nitrogens with one attached hydrogen (secondary N) is 1. The average molecular weight is 607 g/mol. The first-order valence-corrected chi connectivity index (χ1v) is 14.6. The van der Waals surface area contributed by atoms with Crippen molar-refractivity contribution >= 4 is 66.7 Å². The minimum Gasteiger partial charge on any atom is -0.354 e. The van der Waals surface area contributed by atoms with Crippen LogP contribution in [0.4, 0.5) is 5.69 Å². The monoisotopic (exact) mass is 605 g/mol. The molecule has 0 saturated carbocycles. The van der Waals surface area contributed by atoms with Crippen molar-refractivity contribution in [1.82, 2.24) is 10.2 Å². The van der Waals surface area contributed by atoms with Gasteiger partial charge < -0.3 is 10.2 Å². The minimum absolute atomic E-state index is 0.0610. The van der Waals surface area contributed by atoms with E-state index in [1.165, 1.54) is 4.90 Å². The zero-order valence-corrected chi connectivity index (χ0v) is 23.8. The number of amides is 2. The van der Waals surface area contributed by atoms with E-state index < -0.39 is 28.5 Å². The van der Waals surface area contributed by atoms with E-state index in [0.717, 1.165) is 23.4 Å². The lowest BCUT2D eigenvalue weighted by Crippen LogP contribution is -2.52. The zero-order valence-electron chi connectivity index (χ0n) is 19.9. The van der Waals surface area contributed by atoms with Gasteiger partial charge in [-0.05, 0) is 48.7 Å². The van der Waals surface area contributed by atoms with Crippen LogP contribution < -0.4 is 9.62 Å².